The quantitative estimate of drug-likeness (QED) is 0.852. The molecular weight excluding hydrogens is 210 g/mol. The molecule has 0 saturated carbocycles. The summed E-state index contributed by atoms with van der Waals surface area (Å²) >= 11 is 1.84. The fourth-order valence-electron chi connectivity index (χ4n) is 1.35. The van der Waals surface area contributed by atoms with Gasteiger partial charge in [-0.3, -0.25) is 0 Å². The number of thioether (sulfide) groups is 1. The number of nitrogens with one attached hydrogen (secondary N) is 1. The minimum atomic E-state index is 0.778. The second-order valence-electron chi connectivity index (χ2n) is 2.98. The Kier molecular flexibility index (Phi) is 3.05. The lowest BCUT2D eigenvalue weighted by atomic mass is 10.5. The van der Waals surface area contributed by atoms with Crippen LogP contribution < -0.4 is 5.32 Å². The van der Waals surface area contributed by atoms with Gasteiger partial charge in [0.2, 0.25) is 0 Å². The van der Waals surface area contributed by atoms with Crippen LogP contribution in [0.3, 0.4) is 0 Å². The molecule has 15 heavy (non-hydrogen) atoms. The first-order valence-electron chi connectivity index (χ1n) is 4.78. The lowest BCUT2D eigenvalue weighted by molar-refractivity contribution is 0.905. The Morgan fingerprint density at radius 3 is 3.00 bits per heavy atom. The predicted molar refractivity (Wildman–Crippen MR) is 63.0 cm³/mol. The van der Waals surface area contributed by atoms with E-state index < -0.39 is 0 Å². The van der Waals surface area contributed by atoms with E-state index >= 15 is 0 Å². The molecular formula is C9H13N5S. The number of aromatic nitrogens is 4. The molecule has 2 rings (SSSR count). The molecule has 0 aliphatic carbocycles. The van der Waals surface area contributed by atoms with E-state index in [9.17, 15) is 0 Å². The molecule has 0 unspecified atom stereocenters. The van der Waals surface area contributed by atoms with E-state index in [0.717, 1.165) is 28.6 Å². The molecule has 0 aliphatic heterocycles. The zero-order valence-electron chi connectivity index (χ0n) is 8.77. The minimum Gasteiger partial charge on any atom is -0.371 e. The predicted octanol–water partition coefficient (Wildman–Crippen LogP) is 1.58. The van der Waals surface area contributed by atoms with Gasteiger partial charge in [-0.15, -0.1) is 11.8 Å². The van der Waals surface area contributed by atoms with Crippen LogP contribution in [0.1, 0.15) is 6.92 Å². The molecule has 0 aliphatic rings. The summed E-state index contributed by atoms with van der Waals surface area (Å²) in [4.78, 5) is 12.7. The van der Waals surface area contributed by atoms with Crippen molar-refractivity contribution in [3.63, 3.8) is 0 Å². The largest absolute Gasteiger partial charge is 0.371 e. The van der Waals surface area contributed by atoms with Gasteiger partial charge in [0.25, 0.3) is 0 Å². The number of imidazole rings is 1. The Hall–Kier alpha value is -1.30. The topological polar surface area (TPSA) is 55.6 Å². The van der Waals surface area contributed by atoms with Gasteiger partial charge >= 0.3 is 0 Å². The third kappa shape index (κ3) is 1.90. The number of fused-ring (bicyclic) bond motifs is 1. The van der Waals surface area contributed by atoms with Gasteiger partial charge in [-0.05, 0) is 5.75 Å². The Balaban J connectivity index is 2.42. The van der Waals surface area contributed by atoms with Crippen LogP contribution in [0.5, 0.6) is 0 Å². The highest BCUT2D eigenvalue weighted by Crippen LogP contribution is 2.18. The number of hydrogen-bond acceptors (Lipinski definition) is 5. The second-order valence-corrected chi connectivity index (χ2v) is 4.22. The van der Waals surface area contributed by atoms with Crippen molar-refractivity contribution in [1.82, 2.24) is 19.5 Å². The highest BCUT2D eigenvalue weighted by atomic mass is 32.2. The summed E-state index contributed by atoms with van der Waals surface area (Å²) in [6.07, 6.45) is 3.37. The number of anilines is 1. The molecule has 2 aromatic rings. The van der Waals surface area contributed by atoms with E-state index in [-0.39, 0.29) is 0 Å². The van der Waals surface area contributed by atoms with Gasteiger partial charge in [0.1, 0.15) is 11.8 Å². The van der Waals surface area contributed by atoms with E-state index in [0.29, 0.717) is 0 Å². The van der Waals surface area contributed by atoms with Crippen molar-refractivity contribution in [2.24, 2.45) is 0 Å². The summed E-state index contributed by atoms with van der Waals surface area (Å²) in [6.45, 7) is 2.14. The molecule has 6 heteroatoms. The Bertz CT molecular complexity index is 453. The molecule has 0 radical (unpaired) electrons. The van der Waals surface area contributed by atoms with Gasteiger partial charge in [0, 0.05) is 7.05 Å². The van der Waals surface area contributed by atoms with Crippen LogP contribution in [0.15, 0.2) is 12.7 Å². The highest BCUT2D eigenvalue weighted by molar-refractivity contribution is 7.98. The normalized spacial score (nSPS) is 10.8. The van der Waals surface area contributed by atoms with Gasteiger partial charge in [0.15, 0.2) is 11.5 Å². The summed E-state index contributed by atoms with van der Waals surface area (Å²) < 4.78 is 2.03. The average molecular weight is 223 g/mol. The van der Waals surface area contributed by atoms with Crippen molar-refractivity contribution in [2.45, 2.75) is 12.8 Å². The Morgan fingerprint density at radius 2 is 2.27 bits per heavy atom. The number of rotatable bonds is 4. The molecule has 0 bridgehead atoms. The van der Waals surface area contributed by atoms with Crippen LogP contribution in [0.25, 0.3) is 11.2 Å². The first-order chi connectivity index (χ1) is 7.36. The van der Waals surface area contributed by atoms with Crippen LogP contribution in [0.4, 0.5) is 5.82 Å². The first kappa shape index (κ1) is 10.2. The maximum Gasteiger partial charge on any atom is 0.166 e. The van der Waals surface area contributed by atoms with Crippen molar-refractivity contribution >= 4 is 28.7 Å². The van der Waals surface area contributed by atoms with Gasteiger partial charge in [-0.25, -0.2) is 15.0 Å². The SMILES string of the molecule is CCSCn1cnc2c(NC)ncnc21. The second kappa shape index (κ2) is 4.48. The molecule has 0 atom stereocenters. The van der Waals surface area contributed by atoms with Crippen molar-refractivity contribution in [3.8, 4) is 0 Å². The van der Waals surface area contributed by atoms with Crippen LogP contribution >= 0.6 is 11.8 Å². The van der Waals surface area contributed by atoms with Gasteiger partial charge in [-0.2, -0.15) is 0 Å². The van der Waals surface area contributed by atoms with Crippen molar-refractivity contribution in [3.05, 3.63) is 12.7 Å². The summed E-state index contributed by atoms with van der Waals surface area (Å²) in [6, 6.07) is 0. The van der Waals surface area contributed by atoms with Crippen molar-refractivity contribution < 1.29 is 0 Å². The highest BCUT2D eigenvalue weighted by Gasteiger charge is 2.07. The van der Waals surface area contributed by atoms with Crippen LogP contribution in [0.2, 0.25) is 0 Å². The first-order valence-corrected chi connectivity index (χ1v) is 5.93. The standard InChI is InChI=1S/C9H13N5S/c1-3-15-6-14-5-13-7-8(10-2)11-4-12-9(7)14/h4-5H,3,6H2,1-2H3,(H,10,11,12). The molecule has 5 nitrogen and oxygen atoms in total. The Morgan fingerprint density at radius 1 is 1.40 bits per heavy atom. The molecule has 0 spiro atoms. The summed E-state index contributed by atoms with van der Waals surface area (Å²) in [5.41, 5.74) is 1.71. The molecule has 2 heterocycles. The van der Waals surface area contributed by atoms with Crippen molar-refractivity contribution in [2.75, 3.05) is 18.1 Å². The fourth-order valence-corrected chi connectivity index (χ4v) is 1.92. The maximum absolute atomic E-state index is 4.30. The lowest BCUT2D eigenvalue weighted by Crippen LogP contribution is -1.97. The molecule has 0 aromatic carbocycles. The smallest absolute Gasteiger partial charge is 0.166 e. The summed E-state index contributed by atoms with van der Waals surface area (Å²) in [5.74, 6) is 2.75. The van der Waals surface area contributed by atoms with E-state index in [1.54, 1.807) is 6.33 Å². The molecule has 80 valence electrons. The van der Waals surface area contributed by atoms with E-state index in [1.165, 1.54) is 0 Å². The summed E-state index contributed by atoms with van der Waals surface area (Å²) in [5, 5.41) is 3.01. The monoisotopic (exact) mass is 223 g/mol. The van der Waals surface area contributed by atoms with Crippen molar-refractivity contribution in [1.29, 1.82) is 0 Å². The number of nitrogens with zero attached hydrogens (tertiary/aromatic N) is 4. The maximum atomic E-state index is 4.30. The third-order valence-corrected chi connectivity index (χ3v) is 2.94. The molecule has 0 fully saturated rings. The minimum absolute atomic E-state index is 0.778. The summed E-state index contributed by atoms with van der Waals surface area (Å²) in [7, 11) is 1.83. The third-order valence-electron chi connectivity index (χ3n) is 2.07. The molecule has 2 aromatic heterocycles. The van der Waals surface area contributed by atoms with Crippen LogP contribution in [0, 0.1) is 0 Å². The van der Waals surface area contributed by atoms with Gasteiger partial charge in [0.05, 0.1) is 12.2 Å². The van der Waals surface area contributed by atoms with Crippen LogP contribution in [-0.4, -0.2) is 32.3 Å². The van der Waals surface area contributed by atoms with Gasteiger partial charge in [-0.1, -0.05) is 6.92 Å². The van der Waals surface area contributed by atoms with Crippen LogP contribution in [-0.2, 0) is 5.88 Å². The van der Waals surface area contributed by atoms with E-state index in [4.69, 9.17) is 0 Å². The molecule has 0 saturated heterocycles. The zero-order valence-corrected chi connectivity index (χ0v) is 9.58. The Labute approximate surface area is 92.3 Å². The lowest BCUT2D eigenvalue weighted by Gasteiger charge is -2.02. The van der Waals surface area contributed by atoms with Gasteiger partial charge < -0.3 is 9.88 Å². The zero-order chi connectivity index (χ0) is 10.7. The molecule has 1 N–H and O–H groups in total. The van der Waals surface area contributed by atoms with E-state index in [2.05, 4.69) is 27.2 Å². The average Bonchev–Trinajstić information content (AvgIpc) is 2.69. The number of hydrogen-bond donors (Lipinski definition) is 1. The van der Waals surface area contributed by atoms with E-state index in [1.807, 2.05) is 29.7 Å². The molecule has 0 amide bonds. The fraction of sp³-hybridized carbons (Fsp3) is 0.444.